The summed E-state index contributed by atoms with van der Waals surface area (Å²) in [6.07, 6.45) is 11.1. The second-order valence-corrected chi connectivity index (χ2v) is 8.18. The predicted octanol–water partition coefficient (Wildman–Crippen LogP) is 5.14. The van der Waals surface area contributed by atoms with E-state index in [2.05, 4.69) is 51.8 Å². The molecular formula is C24H31N5S. The number of aromatic nitrogens is 2. The van der Waals surface area contributed by atoms with Gasteiger partial charge in [-0.2, -0.15) is 17.9 Å². The summed E-state index contributed by atoms with van der Waals surface area (Å²) in [6, 6.07) is 8.54. The Morgan fingerprint density at radius 2 is 2.30 bits per heavy atom. The average molecular weight is 422 g/mol. The fraction of sp³-hybridized carbons (Fsp3) is 0.417. The number of allylic oxidation sites excluding steroid dienone is 2. The number of pyridine rings is 1. The van der Waals surface area contributed by atoms with E-state index in [0.717, 1.165) is 54.3 Å². The predicted molar refractivity (Wildman–Crippen MR) is 127 cm³/mol. The molecule has 1 fully saturated rings. The molecule has 0 saturated carbocycles. The Hall–Kier alpha value is -2.65. The lowest BCUT2D eigenvalue weighted by Crippen LogP contribution is -2.40. The molecule has 6 heteroatoms. The Labute approximate surface area is 185 Å². The van der Waals surface area contributed by atoms with Gasteiger partial charge in [0.25, 0.3) is 0 Å². The topological polar surface area (TPSA) is 59.0 Å². The zero-order valence-corrected chi connectivity index (χ0v) is 19.2. The first-order valence-corrected chi connectivity index (χ1v) is 11.1. The first-order valence-electron chi connectivity index (χ1n) is 10.6. The molecular weight excluding hydrogens is 390 g/mol. The summed E-state index contributed by atoms with van der Waals surface area (Å²) in [7, 11) is 2.05. The normalized spacial score (nSPS) is 18.4. The fourth-order valence-electron chi connectivity index (χ4n) is 4.37. The van der Waals surface area contributed by atoms with E-state index in [9.17, 15) is 5.26 Å². The van der Waals surface area contributed by atoms with Gasteiger partial charge >= 0.3 is 0 Å². The van der Waals surface area contributed by atoms with Gasteiger partial charge in [0.15, 0.2) is 0 Å². The number of aromatic amines is 1. The molecule has 0 amide bonds. The second-order valence-electron chi connectivity index (χ2n) is 7.62. The first kappa shape index (κ1) is 22.0. The van der Waals surface area contributed by atoms with Crippen molar-refractivity contribution >= 4 is 24.1 Å². The molecule has 3 heterocycles. The van der Waals surface area contributed by atoms with Gasteiger partial charge in [-0.25, -0.2) is 4.98 Å². The van der Waals surface area contributed by atoms with Crippen LogP contribution < -0.4 is 4.90 Å². The van der Waals surface area contributed by atoms with Crippen LogP contribution in [0.2, 0.25) is 0 Å². The molecule has 158 valence electrons. The summed E-state index contributed by atoms with van der Waals surface area (Å²) >= 11 is 5.10. The molecule has 2 atom stereocenters. The van der Waals surface area contributed by atoms with E-state index in [-0.39, 0.29) is 11.3 Å². The van der Waals surface area contributed by atoms with E-state index in [1.54, 1.807) is 0 Å². The van der Waals surface area contributed by atoms with Crippen molar-refractivity contribution in [3.63, 3.8) is 0 Å². The van der Waals surface area contributed by atoms with Crippen molar-refractivity contribution in [1.82, 2.24) is 14.9 Å². The van der Waals surface area contributed by atoms with Crippen LogP contribution in [0.3, 0.4) is 0 Å². The highest BCUT2D eigenvalue weighted by Crippen LogP contribution is 2.37. The zero-order valence-electron chi connectivity index (χ0n) is 18.3. The SMILES string of the molecule is CC=C(C(S)C1CCCN1C(=CCC)c1c(C#N)c[nH]c1C)N(C)c1ccccn1. The average Bonchev–Trinajstić information content (AvgIpc) is 3.39. The number of nitrogens with zero attached hydrogens (tertiary/aromatic N) is 4. The van der Waals surface area contributed by atoms with Crippen LogP contribution in [0.25, 0.3) is 5.70 Å². The van der Waals surface area contributed by atoms with Crippen LogP contribution in [0.5, 0.6) is 0 Å². The highest BCUT2D eigenvalue weighted by Gasteiger charge is 2.35. The summed E-state index contributed by atoms with van der Waals surface area (Å²) in [5.41, 5.74) is 5.03. The van der Waals surface area contributed by atoms with Gasteiger partial charge in [0.05, 0.1) is 10.8 Å². The second kappa shape index (κ2) is 9.90. The molecule has 2 aromatic rings. The molecule has 0 radical (unpaired) electrons. The number of hydrogen-bond donors (Lipinski definition) is 2. The molecule has 2 unspecified atom stereocenters. The number of hydrogen-bond acceptors (Lipinski definition) is 5. The van der Waals surface area contributed by atoms with Crippen LogP contribution in [0.4, 0.5) is 5.82 Å². The van der Waals surface area contributed by atoms with Gasteiger partial charge in [-0.05, 0) is 45.2 Å². The van der Waals surface area contributed by atoms with Gasteiger partial charge in [0.1, 0.15) is 11.9 Å². The molecule has 3 rings (SSSR count). The van der Waals surface area contributed by atoms with Crippen LogP contribution in [-0.2, 0) is 0 Å². The van der Waals surface area contributed by atoms with Gasteiger partial charge in [-0.1, -0.05) is 25.1 Å². The lowest BCUT2D eigenvalue weighted by Gasteiger charge is -2.36. The van der Waals surface area contributed by atoms with E-state index < -0.39 is 0 Å². The molecule has 1 aliphatic rings. The van der Waals surface area contributed by atoms with Gasteiger partial charge in [-0.3, -0.25) is 0 Å². The van der Waals surface area contributed by atoms with E-state index in [0.29, 0.717) is 5.56 Å². The molecule has 1 saturated heterocycles. The Balaban J connectivity index is 1.94. The monoisotopic (exact) mass is 421 g/mol. The minimum absolute atomic E-state index is 0.0227. The van der Waals surface area contributed by atoms with E-state index in [4.69, 9.17) is 12.6 Å². The van der Waals surface area contributed by atoms with Crippen molar-refractivity contribution in [3.05, 3.63) is 65.3 Å². The summed E-state index contributed by atoms with van der Waals surface area (Å²) in [5, 5.41) is 9.66. The van der Waals surface area contributed by atoms with Crippen molar-refractivity contribution in [1.29, 1.82) is 5.26 Å². The van der Waals surface area contributed by atoms with Crippen LogP contribution >= 0.6 is 12.6 Å². The number of nitrogens with one attached hydrogen (secondary N) is 1. The molecule has 0 aromatic carbocycles. The van der Waals surface area contributed by atoms with Crippen LogP contribution in [0.15, 0.2) is 48.4 Å². The number of likely N-dealkylation sites (tertiary alicyclic amines) is 1. The highest BCUT2D eigenvalue weighted by molar-refractivity contribution is 7.81. The highest BCUT2D eigenvalue weighted by atomic mass is 32.1. The van der Waals surface area contributed by atoms with Crippen molar-refractivity contribution < 1.29 is 0 Å². The number of nitriles is 1. The van der Waals surface area contributed by atoms with Gasteiger partial charge < -0.3 is 14.8 Å². The molecule has 0 bridgehead atoms. The van der Waals surface area contributed by atoms with Crippen molar-refractivity contribution in [2.24, 2.45) is 0 Å². The first-order chi connectivity index (χ1) is 14.5. The summed E-state index contributed by atoms with van der Waals surface area (Å²) in [6.45, 7) is 7.20. The van der Waals surface area contributed by atoms with E-state index in [1.807, 2.05) is 44.6 Å². The zero-order chi connectivity index (χ0) is 21.7. The molecule has 2 aromatic heterocycles. The van der Waals surface area contributed by atoms with Crippen LogP contribution in [0, 0.1) is 18.3 Å². The van der Waals surface area contributed by atoms with Crippen molar-refractivity contribution in [2.75, 3.05) is 18.5 Å². The Kier molecular flexibility index (Phi) is 7.28. The largest absolute Gasteiger partial charge is 0.367 e. The van der Waals surface area contributed by atoms with Gasteiger partial charge in [0.2, 0.25) is 0 Å². The van der Waals surface area contributed by atoms with Gasteiger partial charge in [0, 0.05) is 54.7 Å². The minimum Gasteiger partial charge on any atom is -0.367 e. The molecule has 1 N–H and O–H groups in total. The Morgan fingerprint density at radius 3 is 2.93 bits per heavy atom. The number of rotatable bonds is 7. The maximum atomic E-state index is 9.64. The standard InChI is InChI=1S/C24H31N5S/c1-5-10-20(23-17(3)27-16-18(23)15-25)29-14-9-11-21(29)24(30)19(6-2)28(4)22-12-7-8-13-26-22/h6-8,10,12-13,16,21,24,27,30H,5,9,11,14H2,1-4H3. The Bertz CT molecular complexity index is 954. The third-order valence-electron chi connectivity index (χ3n) is 5.80. The summed E-state index contributed by atoms with van der Waals surface area (Å²) in [5.74, 6) is 0.909. The van der Waals surface area contributed by atoms with Crippen LogP contribution in [-0.4, -0.2) is 39.8 Å². The summed E-state index contributed by atoms with van der Waals surface area (Å²) in [4.78, 5) is 12.3. The minimum atomic E-state index is 0.0227. The molecule has 1 aliphatic heterocycles. The van der Waals surface area contributed by atoms with E-state index in [1.165, 1.54) is 0 Å². The third kappa shape index (κ3) is 4.27. The molecule has 0 aliphatic carbocycles. The number of anilines is 1. The maximum Gasteiger partial charge on any atom is 0.132 e. The molecule has 5 nitrogen and oxygen atoms in total. The third-order valence-corrected chi connectivity index (χ3v) is 6.41. The van der Waals surface area contributed by atoms with Crippen molar-refractivity contribution in [3.8, 4) is 6.07 Å². The van der Waals surface area contributed by atoms with E-state index >= 15 is 0 Å². The lowest BCUT2D eigenvalue weighted by atomic mass is 10.0. The molecule has 0 spiro atoms. The Morgan fingerprint density at radius 1 is 1.50 bits per heavy atom. The lowest BCUT2D eigenvalue weighted by molar-refractivity contribution is 0.371. The molecule has 30 heavy (non-hydrogen) atoms. The quantitative estimate of drug-likeness (QED) is 0.608. The van der Waals surface area contributed by atoms with Crippen molar-refractivity contribution in [2.45, 2.75) is 51.3 Å². The van der Waals surface area contributed by atoms with Crippen LogP contribution in [0.1, 0.15) is 49.9 Å². The number of H-pyrrole nitrogens is 1. The number of aryl methyl sites for hydroxylation is 1. The number of thiol groups is 1. The smallest absolute Gasteiger partial charge is 0.132 e. The van der Waals surface area contributed by atoms with Gasteiger partial charge in [-0.15, -0.1) is 0 Å². The summed E-state index contributed by atoms with van der Waals surface area (Å²) < 4.78 is 0. The maximum absolute atomic E-state index is 9.64. The fourth-order valence-corrected chi connectivity index (χ4v) is 5.00.